The molecular weight excluding hydrogens is 360 g/mol. The van der Waals surface area contributed by atoms with Gasteiger partial charge in [-0.25, -0.2) is 13.1 Å². The minimum absolute atomic E-state index is 0.0431. The summed E-state index contributed by atoms with van der Waals surface area (Å²) < 4.78 is 28.0. The van der Waals surface area contributed by atoms with Crippen molar-refractivity contribution < 1.29 is 8.42 Å². The van der Waals surface area contributed by atoms with Crippen LogP contribution in [-0.2, 0) is 16.6 Å². The summed E-state index contributed by atoms with van der Waals surface area (Å²) in [5.41, 5.74) is 0. The Morgan fingerprint density at radius 1 is 1.35 bits per heavy atom. The fraction of sp³-hybridized carbons (Fsp3) is 0.692. The van der Waals surface area contributed by atoms with Crippen LogP contribution in [0.25, 0.3) is 0 Å². The van der Waals surface area contributed by atoms with Crippen LogP contribution < -0.4 is 10.0 Å². The van der Waals surface area contributed by atoms with E-state index in [1.54, 1.807) is 6.07 Å². The number of hydrogen-bond acceptors (Lipinski definition) is 4. The number of rotatable bonds is 9. The minimum atomic E-state index is -3.44. The Kier molecular flexibility index (Phi) is 7.68. The molecule has 0 spiro atoms. The topological polar surface area (TPSA) is 58.2 Å². The predicted molar refractivity (Wildman–Crippen MR) is 88.7 cm³/mol. The van der Waals surface area contributed by atoms with Crippen LogP contribution in [-0.4, -0.2) is 21.0 Å². The lowest BCUT2D eigenvalue weighted by molar-refractivity contribution is 0.544. The largest absolute Gasteiger partial charge is 0.312 e. The van der Waals surface area contributed by atoms with Crippen LogP contribution in [0.4, 0.5) is 0 Å². The smallest absolute Gasteiger partial charge is 0.242 e. The lowest BCUT2D eigenvalue weighted by atomic mass is 10.2. The van der Waals surface area contributed by atoms with E-state index in [1.807, 2.05) is 13.8 Å². The van der Waals surface area contributed by atoms with Crippen molar-refractivity contribution in [2.45, 2.75) is 57.5 Å². The van der Waals surface area contributed by atoms with Gasteiger partial charge in [-0.05, 0) is 48.3 Å². The van der Waals surface area contributed by atoms with Crippen molar-refractivity contribution in [3.8, 4) is 0 Å². The summed E-state index contributed by atoms with van der Waals surface area (Å²) in [7, 11) is -3.44. The van der Waals surface area contributed by atoms with Gasteiger partial charge >= 0.3 is 0 Å². The third kappa shape index (κ3) is 5.44. The van der Waals surface area contributed by atoms with Crippen molar-refractivity contribution in [3.05, 3.63) is 14.7 Å². The first-order valence-corrected chi connectivity index (χ1v) is 10.0. The van der Waals surface area contributed by atoms with E-state index in [2.05, 4.69) is 32.9 Å². The predicted octanol–water partition coefficient (Wildman–Crippen LogP) is 3.48. The fourth-order valence-corrected chi connectivity index (χ4v) is 5.81. The second-order valence-electron chi connectivity index (χ2n) is 4.84. The molecule has 1 rings (SSSR count). The summed E-state index contributed by atoms with van der Waals surface area (Å²) in [6.07, 6.45) is 2.86. The molecule has 0 saturated heterocycles. The molecule has 0 bridgehead atoms. The first-order chi connectivity index (χ1) is 9.40. The molecule has 1 aromatic rings. The van der Waals surface area contributed by atoms with E-state index in [9.17, 15) is 8.42 Å². The second-order valence-corrected chi connectivity index (χ2v) is 8.98. The summed E-state index contributed by atoms with van der Waals surface area (Å²) in [6, 6.07) is 1.71. The van der Waals surface area contributed by atoms with Gasteiger partial charge in [0.25, 0.3) is 0 Å². The molecular formula is C13H23BrN2O2S2. The second kappa shape index (κ2) is 8.48. The standard InChI is InChI=1S/C13H23BrN2O2S2/c1-4-6-10(3)16-20(17,18)12-8-11(19-13(12)14)9-15-7-5-2/h8,10,15-16H,4-7,9H2,1-3H3. The molecule has 1 unspecified atom stereocenters. The molecule has 0 aliphatic carbocycles. The molecule has 0 radical (unpaired) electrons. The third-order valence-electron chi connectivity index (χ3n) is 2.80. The van der Waals surface area contributed by atoms with Crippen LogP contribution in [0.15, 0.2) is 14.7 Å². The van der Waals surface area contributed by atoms with E-state index in [0.717, 1.165) is 30.7 Å². The minimum Gasteiger partial charge on any atom is -0.312 e. The molecule has 7 heteroatoms. The van der Waals surface area contributed by atoms with Crippen molar-refractivity contribution in [3.63, 3.8) is 0 Å². The summed E-state index contributed by atoms with van der Waals surface area (Å²) in [5, 5.41) is 3.28. The molecule has 0 fully saturated rings. The highest BCUT2D eigenvalue weighted by Crippen LogP contribution is 2.31. The first-order valence-electron chi connectivity index (χ1n) is 6.92. The summed E-state index contributed by atoms with van der Waals surface area (Å²) in [5.74, 6) is 0. The highest BCUT2D eigenvalue weighted by Gasteiger charge is 2.22. The zero-order chi connectivity index (χ0) is 15.2. The van der Waals surface area contributed by atoms with Gasteiger partial charge in [-0.2, -0.15) is 0 Å². The van der Waals surface area contributed by atoms with Gasteiger partial charge in [0.1, 0.15) is 4.90 Å². The van der Waals surface area contributed by atoms with Crippen LogP contribution in [0.3, 0.4) is 0 Å². The van der Waals surface area contributed by atoms with Gasteiger partial charge in [0.15, 0.2) is 0 Å². The average Bonchev–Trinajstić information content (AvgIpc) is 2.71. The van der Waals surface area contributed by atoms with Gasteiger partial charge in [0.05, 0.1) is 3.79 Å². The number of thiophene rings is 1. The average molecular weight is 383 g/mol. The Labute approximate surface area is 134 Å². The quantitative estimate of drug-likeness (QED) is 0.642. The van der Waals surface area contributed by atoms with Crippen molar-refractivity contribution >= 4 is 37.3 Å². The molecule has 0 aliphatic rings. The van der Waals surface area contributed by atoms with Gasteiger partial charge in [0.2, 0.25) is 10.0 Å². The number of hydrogen-bond donors (Lipinski definition) is 2. The van der Waals surface area contributed by atoms with E-state index < -0.39 is 10.0 Å². The monoisotopic (exact) mass is 382 g/mol. The third-order valence-corrected chi connectivity index (χ3v) is 6.64. The molecule has 2 N–H and O–H groups in total. The lowest BCUT2D eigenvalue weighted by Crippen LogP contribution is -2.32. The van der Waals surface area contributed by atoms with E-state index >= 15 is 0 Å². The van der Waals surface area contributed by atoms with Crippen molar-refractivity contribution in [2.24, 2.45) is 0 Å². The van der Waals surface area contributed by atoms with E-state index in [4.69, 9.17) is 0 Å². The maximum atomic E-state index is 12.3. The van der Waals surface area contributed by atoms with Gasteiger partial charge < -0.3 is 5.32 Å². The fourth-order valence-electron chi connectivity index (χ4n) is 1.88. The Bertz CT molecular complexity index is 514. The lowest BCUT2D eigenvalue weighted by Gasteiger charge is -2.12. The Hall–Kier alpha value is 0.0500. The zero-order valence-corrected chi connectivity index (χ0v) is 15.4. The molecule has 1 atom stereocenters. The number of halogens is 1. The maximum Gasteiger partial charge on any atom is 0.242 e. The number of nitrogens with one attached hydrogen (secondary N) is 2. The van der Waals surface area contributed by atoms with Gasteiger partial charge in [-0.15, -0.1) is 11.3 Å². The SMILES string of the molecule is CCCNCc1cc(S(=O)(=O)NC(C)CCC)c(Br)s1. The molecule has 0 aromatic carbocycles. The van der Waals surface area contributed by atoms with E-state index in [-0.39, 0.29) is 6.04 Å². The highest BCUT2D eigenvalue weighted by molar-refractivity contribution is 9.11. The van der Waals surface area contributed by atoms with Crippen LogP contribution in [0.1, 0.15) is 44.9 Å². The van der Waals surface area contributed by atoms with Crippen LogP contribution in [0.5, 0.6) is 0 Å². The summed E-state index contributed by atoms with van der Waals surface area (Å²) >= 11 is 4.83. The van der Waals surface area contributed by atoms with Crippen molar-refractivity contribution in [2.75, 3.05) is 6.54 Å². The molecule has 0 saturated carbocycles. The normalized spacial score (nSPS) is 13.6. The van der Waals surface area contributed by atoms with Crippen LogP contribution in [0, 0.1) is 0 Å². The molecule has 1 heterocycles. The molecule has 0 amide bonds. The van der Waals surface area contributed by atoms with Gasteiger partial charge in [-0.3, -0.25) is 0 Å². The molecule has 4 nitrogen and oxygen atoms in total. The first kappa shape index (κ1) is 18.1. The Morgan fingerprint density at radius 3 is 2.65 bits per heavy atom. The Morgan fingerprint density at radius 2 is 2.05 bits per heavy atom. The molecule has 20 heavy (non-hydrogen) atoms. The zero-order valence-electron chi connectivity index (χ0n) is 12.2. The van der Waals surface area contributed by atoms with Crippen LogP contribution >= 0.6 is 27.3 Å². The summed E-state index contributed by atoms with van der Waals surface area (Å²) in [4.78, 5) is 1.37. The molecule has 116 valence electrons. The van der Waals surface area contributed by atoms with Crippen molar-refractivity contribution in [1.82, 2.24) is 10.0 Å². The van der Waals surface area contributed by atoms with E-state index in [1.165, 1.54) is 11.3 Å². The maximum absolute atomic E-state index is 12.3. The highest BCUT2D eigenvalue weighted by atomic mass is 79.9. The summed E-state index contributed by atoms with van der Waals surface area (Å²) in [6.45, 7) is 7.68. The van der Waals surface area contributed by atoms with E-state index in [0.29, 0.717) is 15.2 Å². The molecule has 1 aromatic heterocycles. The van der Waals surface area contributed by atoms with Crippen LogP contribution in [0.2, 0.25) is 0 Å². The molecule has 0 aliphatic heterocycles. The van der Waals surface area contributed by atoms with Gasteiger partial charge in [0, 0.05) is 17.5 Å². The Balaban J connectivity index is 2.79. The number of sulfonamides is 1. The van der Waals surface area contributed by atoms with Crippen molar-refractivity contribution in [1.29, 1.82) is 0 Å². The van der Waals surface area contributed by atoms with Gasteiger partial charge in [-0.1, -0.05) is 20.3 Å².